The molecule has 0 spiro atoms. The first-order valence-corrected chi connectivity index (χ1v) is 13.1. The third-order valence-electron chi connectivity index (χ3n) is 5.80. The SMILES string of the molecule is O=C(O)COc1ccc(-c2ccc([C@@]3(CC(=O)NOC4CCCCO4)CCCCS3)s2)cc1. The predicted octanol–water partition coefficient (Wildman–Crippen LogP) is 4.96. The number of aliphatic carboxylic acids is 1. The number of thiophene rings is 1. The fourth-order valence-corrected chi connectivity index (χ4v) is 7.00. The number of benzene rings is 1. The molecule has 178 valence electrons. The van der Waals surface area contributed by atoms with Crippen molar-refractivity contribution in [3.63, 3.8) is 0 Å². The molecule has 4 rings (SSSR count). The maximum absolute atomic E-state index is 12.8. The van der Waals surface area contributed by atoms with E-state index < -0.39 is 5.97 Å². The molecule has 2 atom stereocenters. The van der Waals surface area contributed by atoms with E-state index in [2.05, 4.69) is 17.6 Å². The van der Waals surface area contributed by atoms with Gasteiger partial charge >= 0.3 is 5.97 Å². The molecule has 7 nitrogen and oxygen atoms in total. The molecule has 2 N–H and O–H groups in total. The normalized spacial score (nSPS) is 23.1. The van der Waals surface area contributed by atoms with E-state index in [1.54, 1.807) is 23.5 Å². The lowest BCUT2D eigenvalue weighted by atomic mass is 9.94. The fourth-order valence-electron chi connectivity index (χ4n) is 4.10. The second-order valence-electron chi connectivity index (χ2n) is 8.29. The number of hydrogen-bond donors (Lipinski definition) is 2. The van der Waals surface area contributed by atoms with E-state index in [1.165, 1.54) is 4.88 Å². The quantitative estimate of drug-likeness (QED) is 0.479. The molecule has 2 aliphatic rings. The molecule has 0 bridgehead atoms. The zero-order valence-electron chi connectivity index (χ0n) is 18.4. The Labute approximate surface area is 201 Å². The summed E-state index contributed by atoms with van der Waals surface area (Å²) in [6.45, 7) is 0.311. The van der Waals surface area contributed by atoms with Crippen LogP contribution in [-0.4, -0.2) is 42.2 Å². The highest BCUT2D eigenvalue weighted by Gasteiger charge is 2.38. The van der Waals surface area contributed by atoms with Gasteiger partial charge in [-0.15, -0.1) is 23.1 Å². The van der Waals surface area contributed by atoms with E-state index in [4.69, 9.17) is 19.4 Å². The van der Waals surface area contributed by atoms with Crippen molar-refractivity contribution in [2.24, 2.45) is 0 Å². The van der Waals surface area contributed by atoms with Crippen LogP contribution < -0.4 is 10.2 Å². The number of thioether (sulfide) groups is 1. The van der Waals surface area contributed by atoms with Crippen LogP contribution in [0.3, 0.4) is 0 Å². The van der Waals surface area contributed by atoms with Crippen LogP contribution in [0.4, 0.5) is 0 Å². The molecule has 0 aliphatic carbocycles. The van der Waals surface area contributed by atoms with E-state index in [0.29, 0.717) is 18.8 Å². The van der Waals surface area contributed by atoms with Crippen molar-refractivity contribution in [2.75, 3.05) is 19.0 Å². The number of ether oxygens (including phenoxy) is 2. The van der Waals surface area contributed by atoms with Crippen LogP contribution in [0.5, 0.6) is 5.75 Å². The van der Waals surface area contributed by atoms with Crippen LogP contribution in [-0.2, 0) is 23.9 Å². The maximum atomic E-state index is 12.8. The van der Waals surface area contributed by atoms with Crippen LogP contribution in [0, 0.1) is 0 Å². The van der Waals surface area contributed by atoms with Gasteiger partial charge in [0.15, 0.2) is 12.9 Å². The van der Waals surface area contributed by atoms with Gasteiger partial charge in [-0.25, -0.2) is 15.1 Å². The van der Waals surface area contributed by atoms with Gasteiger partial charge in [0.2, 0.25) is 5.91 Å². The molecular weight excluding hydrogens is 462 g/mol. The van der Waals surface area contributed by atoms with Gasteiger partial charge in [0.05, 0.1) is 4.75 Å². The molecule has 1 aromatic heterocycles. The summed E-state index contributed by atoms with van der Waals surface area (Å²) in [5.74, 6) is 0.435. The average molecular weight is 492 g/mol. The first kappa shape index (κ1) is 24.1. The van der Waals surface area contributed by atoms with Crippen LogP contribution in [0.25, 0.3) is 10.4 Å². The van der Waals surface area contributed by atoms with Crippen molar-refractivity contribution in [1.29, 1.82) is 0 Å². The predicted molar refractivity (Wildman–Crippen MR) is 128 cm³/mol. The smallest absolute Gasteiger partial charge is 0.341 e. The van der Waals surface area contributed by atoms with Gasteiger partial charge < -0.3 is 14.6 Å². The maximum Gasteiger partial charge on any atom is 0.341 e. The average Bonchev–Trinajstić information content (AvgIpc) is 3.34. The van der Waals surface area contributed by atoms with Gasteiger partial charge in [-0.3, -0.25) is 4.79 Å². The van der Waals surface area contributed by atoms with Crippen LogP contribution in [0.1, 0.15) is 49.8 Å². The summed E-state index contributed by atoms with van der Waals surface area (Å²) >= 11 is 3.56. The summed E-state index contributed by atoms with van der Waals surface area (Å²) in [4.78, 5) is 31.3. The molecule has 1 aromatic carbocycles. The molecule has 1 amide bonds. The summed E-state index contributed by atoms with van der Waals surface area (Å²) < 4.78 is 10.5. The third-order valence-corrected chi connectivity index (χ3v) is 8.88. The van der Waals surface area contributed by atoms with Crippen molar-refractivity contribution in [1.82, 2.24) is 5.48 Å². The second kappa shape index (κ2) is 11.4. The van der Waals surface area contributed by atoms with Gasteiger partial charge in [-0.1, -0.05) is 6.42 Å². The number of nitrogens with one attached hydrogen (secondary N) is 1. The molecule has 2 aromatic rings. The number of hydroxylamine groups is 1. The summed E-state index contributed by atoms with van der Waals surface area (Å²) in [6, 6.07) is 11.6. The number of carbonyl (C=O) groups is 2. The number of carbonyl (C=O) groups excluding carboxylic acids is 1. The summed E-state index contributed by atoms with van der Waals surface area (Å²) in [5.41, 5.74) is 3.66. The third kappa shape index (κ3) is 6.50. The van der Waals surface area contributed by atoms with E-state index in [1.807, 2.05) is 23.9 Å². The molecule has 33 heavy (non-hydrogen) atoms. The number of amides is 1. The Hall–Kier alpha value is -2.07. The van der Waals surface area contributed by atoms with Crippen LogP contribution in [0.15, 0.2) is 36.4 Å². The molecule has 2 saturated heterocycles. The molecule has 2 fully saturated rings. The minimum atomic E-state index is -1.00. The highest BCUT2D eigenvalue weighted by Crippen LogP contribution is 2.50. The second-order valence-corrected chi connectivity index (χ2v) is 10.8. The lowest BCUT2D eigenvalue weighted by molar-refractivity contribution is -0.200. The molecule has 0 saturated carbocycles. The minimum Gasteiger partial charge on any atom is -0.482 e. The zero-order chi connectivity index (χ0) is 23.1. The first-order chi connectivity index (χ1) is 16.0. The van der Waals surface area contributed by atoms with Gasteiger partial charge in [0.1, 0.15) is 5.75 Å². The highest BCUT2D eigenvalue weighted by molar-refractivity contribution is 8.00. The topological polar surface area (TPSA) is 94.1 Å². The van der Waals surface area contributed by atoms with E-state index in [-0.39, 0.29) is 23.6 Å². The van der Waals surface area contributed by atoms with Gasteiger partial charge in [0, 0.05) is 29.2 Å². The Morgan fingerprint density at radius 2 is 1.97 bits per heavy atom. The fraction of sp³-hybridized carbons (Fsp3) is 0.500. The number of carboxylic acid groups (broad SMARTS) is 1. The van der Waals surface area contributed by atoms with E-state index in [9.17, 15) is 9.59 Å². The van der Waals surface area contributed by atoms with Gasteiger partial charge in [-0.2, -0.15) is 0 Å². The molecule has 2 aliphatic heterocycles. The van der Waals surface area contributed by atoms with Crippen molar-refractivity contribution >= 4 is 35.0 Å². The highest BCUT2D eigenvalue weighted by atomic mass is 32.2. The standard InChI is InChI=1S/C24H29NO6S2/c26-21(25-31-23-5-1-3-13-29-23)15-24(12-2-4-14-32-24)20-11-10-19(33-20)17-6-8-18(9-7-17)30-16-22(27)28/h6-11,23H,1-5,12-16H2,(H,25,26)(H,27,28)/t23?,24-/m0/s1. The largest absolute Gasteiger partial charge is 0.482 e. The van der Waals surface area contributed by atoms with E-state index >= 15 is 0 Å². The lowest BCUT2D eigenvalue weighted by Crippen LogP contribution is -2.37. The molecule has 0 radical (unpaired) electrons. The number of hydrogen-bond acceptors (Lipinski definition) is 7. The lowest BCUT2D eigenvalue weighted by Gasteiger charge is -2.35. The monoisotopic (exact) mass is 491 g/mol. The van der Waals surface area contributed by atoms with E-state index in [0.717, 1.165) is 54.7 Å². The number of rotatable bonds is 9. The molecule has 1 unspecified atom stereocenters. The Balaban J connectivity index is 1.43. The summed E-state index contributed by atoms with van der Waals surface area (Å²) in [7, 11) is 0. The van der Waals surface area contributed by atoms with Gasteiger partial charge in [0.25, 0.3) is 0 Å². The molecular formula is C24H29NO6S2. The van der Waals surface area contributed by atoms with Crippen molar-refractivity contribution < 1.29 is 29.0 Å². The Morgan fingerprint density at radius 3 is 2.67 bits per heavy atom. The number of carboxylic acids is 1. The zero-order valence-corrected chi connectivity index (χ0v) is 20.1. The molecule has 9 heteroatoms. The Bertz CT molecular complexity index is 933. The van der Waals surface area contributed by atoms with Crippen LogP contribution in [0.2, 0.25) is 0 Å². The van der Waals surface area contributed by atoms with Crippen molar-refractivity contribution in [3.8, 4) is 16.2 Å². The molecule has 3 heterocycles. The van der Waals surface area contributed by atoms with Gasteiger partial charge in [-0.05, 0) is 73.4 Å². The first-order valence-electron chi connectivity index (χ1n) is 11.3. The van der Waals surface area contributed by atoms with Crippen molar-refractivity contribution in [3.05, 3.63) is 41.3 Å². The van der Waals surface area contributed by atoms with Crippen molar-refractivity contribution in [2.45, 2.75) is 56.0 Å². The minimum absolute atomic E-state index is 0.117. The van der Waals surface area contributed by atoms with Crippen LogP contribution >= 0.6 is 23.1 Å². The Morgan fingerprint density at radius 1 is 1.12 bits per heavy atom. The summed E-state index contributed by atoms with van der Waals surface area (Å²) in [5, 5.41) is 8.75. The summed E-state index contributed by atoms with van der Waals surface area (Å²) in [6.07, 6.45) is 6.10. The Kier molecular flexibility index (Phi) is 8.29.